The molecular formula is C13H15N3O3S. The fraction of sp³-hybridized carbons (Fsp3) is 0.538. The van der Waals surface area contributed by atoms with E-state index in [1.807, 2.05) is 22.1 Å². The van der Waals surface area contributed by atoms with Gasteiger partial charge in [-0.25, -0.2) is 9.48 Å². The Bertz CT molecular complexity index is 651. The summed E-state index contributed by atoms with van der Waals surface area (Å²) in [5.41, 5.74) is -0.0602. The van der Waals surface area contributed by atoms with Gasteiger partial charge in [-0.3, -0.25) is 4.57 Å². The molecule has 0 N–H and O–H groups in total. The van der Waals surface area contributed by atoms with Gasteiger partial charge in [0.05, 0.1) is 24.6 Å². The van der Waals surface area contributed by atoms with Crippen LogP contribution < -0.4 is 5.69 Å². The number of aromatic nitrogens is 3. The van der Waals surface area contributed by atoms with E-state index in [1.165, 1.54) is 4.68 Å². The van der Waals surface area contributed by atoms with Gasteiger partial charge in [0.1, 0.15) is 0 Å². The monoisotopic (exact) mass is 293 g/mol. The van der Waals surface area contributed by atoms with Crippen LogP contribution in [0.3, 0.4) is 0 Å². The number of hydrogen-bond donors (Lipinski definition) is 0. The maximum Gasteiger partial charge on any atom is 0.346 e. The fourth-order valence-corrected chi connectivity index (χ4v) is 3.13. The summed E-state index contributed by atoms with van der Waals surface area (Å²) < 4.78 is 14.1. The molecule has 20 heavy (non-hydrogen) atoms. The Balaban J connectivity index is 1.72. The van der Waals surface area contributed by atoms with Crippen LogP contribution in [0.2, 0.25) is 0 Å². The van der Waals surface area contributed by atoms with Crippen LogP contribution in [0.4, 0.5) is 0 Å². The average Bonchev–Trinajstić information content (AvgIpc) is 2.89. The molecule has 0 unspecified atom stereocenters. The van der Waals surface area contributed by atoms with E-state index >= 15 is 0 Å². The zero-order valence-electron chi connectivity index (χ0n) is 10.9. The molecule has 106 valence electrons. The van der Waals surface area contributed by atoms with Crippen LogP contribution in [0.25, 0.3) is 10.7 Å². The summed E-state index contributed by atoms with van der Waals surface area (Å²) in [5, 5.41) is 6.49. The molecule has 1 aliphatic carbocycles. The van der Waals surface area contributed by atoms with Crippen LogP contribution in [0.15, 0.2) is 22.3 Å². The molecule has 0 radical (unpaired) electrons. The smallest absolute Gasteiger partial charge is 0.346 e. The number of hydrogen-bond acceptors (Lipinski definition) is 5. The van der Waals surface area contributed by atoms with E-state index in [0.29, 0.717) is 25.8 Å². The molecule has 0 spiro atoms. The topological polar surface area (TPSA) is 58.3 Å². The molecule has 7 heteroatoms. The molecule has 3 heterocycles. The minimum atomic E-state index is -0.355. The van der Waals surface area contributed by atoms with E-state index in [9.17, 15) is 4.79 Å². The van der Waals surface area contributed by atoms with Crippen molar-refractivity contribution >= 4 is 11.3 Å². The molecule has 2 fully saturated rings. The second-order valence-corrected chi connectivity index (χ2v) is 5.99. The Morgan fingerprint density at radius 3 is 2.80 bits per heavy atom. The number of thiophene rings is 1. The molecule has 2 aliphatic rings. The lowest BCUT2D eigenvalue weighted by Gasteiger charge is -2.06. The quantitative estimate of drug-likeness (QED) is 0.857. The first-order valence-electron chi connectivity index (χ1n) is 6.79. The van der Waals surface area contributed by atoms with Crippen LogP contribution in [-0.2, 0) is 16.0 Å². The van der Waals surface area contributed by atoms with Gasteiger partial charge in [0.2, 0.25) is 0 Å². The highest BCUT2D eigenvalue weighted by atomic mass is 32.1. The van der Waals surface area contributed by atoms with Gasteiger partial charge in [0.25, 0.3) is 0 Å². The molecule has 0 atom stereocenters. The van der Waals surface area contributed by atoms with Gasteiger partial charge in [-0.2, -0.15) is 0 Å². The first kappa shape index (κ1) is 12.3. The Hall–Kier alpha value is -1.44. The van der Waals surface area contributed by atoms with Gasteiger partial charge in [-0.15, -0.1) is 16.4 Å². The summed E-state index contributed by atoms with van der Waals surface area (Å²) in [6, 6.07) is 4.28. The Kier molecular flexibility index (Phi) is 2.98. The molecule has 6 nitrogen and oxygen atoms in total. The molecule has 1 saturated carbocycles. The van der Waals surface area contributed by atoms with Crippen LogP contribution in [0, 0.1) is 0 Å². The molecule has 2 aromatic rings. The summed E-state index contributed by atoms with van der Waals surface area (Å²) in [5.74, 6) is 0.769. The summed E-state index contributed by atoms with van der Waals surface area (Å²) in [6.07, 6.45) is 1.76. The van der Waals surface area contributed by atoms with Gasteiger partial charge < -0.3 is 9.47 Å². The van der Waals surface area contributed by atoms with E-state index < -0.39 is 0 Å². The number of nitrogens with zero attached hydrogens (tertiary/aromatic N) is 3. The largest absolute Gasteiger partial charge is 0.348 e. The van der Waals surface area contributed by atoms with Crippen LogP contribution >= 0.6 is 11.3 Å². The van der Waals surface area contributed by atoms with Crippen molar-refractivity contribution in [1.29, 1.82) is 0 Å². The van der Waals surface area contributed by atoms with Gasteiger partial charge in [0, 0.05) is 6.04 Å². The summed E-state index contributed by atoms with van der Waals surface area (Å²) in [6.45, 7) is 1.53. The van der Waals surface area contributed by atoms with E-state index in [-0.39, 0.29) is 12.0 Å². The predicted molar refractivity (Wildman–Crippen MR) is 73.8 cm³/mol. The van der Waals surface area contributed by atoms with Crippen molar-refractivity contribution < 1.29 is 9.47 Å². The maximum atomic E-state index is 12.5. The summed E-state index contributed by atoms with van der Waals surface area (Å²) >= 11 is 1.60. The van der Waals surface area contributed by atoms with E-state index in [1.54, 1.807) is 11.3 Å². The third kappa shape index (κ3) is 2.11. The SMILES string of the molecule is O=c1n(CC2OCCO2)nc(-c2cccs2)n1C1CC1. The third-order valence-corrected chi connectivity index (χ3v) is 4.40. The molecule has 1 saturated heterocycles. The van der Waals surface area contributed by atoms with Crippen LogP contribution in [-0.4, -0.2) is 33.9 Å². The van der Waals surface area contributed by atoms with Crippen molar-refractivity contribution in [3.05, 3.63) is 28.0 Å². The standard InChI is InChI=1S/C13H15N3O3S/c17-13-15(8-11-18-5-6-19-11)14-12(10-2-1-7-20-10)16(13)9-3-4-9/h1-2,7,9,11H,3-6,8H2. The van der Waals surface area contributed by atoms with E-state index in [4.69, 9.17) is 9.47 Å². The van der Waals surface area contributed by atoms with Crippen LogP contribution in [0.5, 0.6) is 0 Å². The van der Waals surface area contributed by atoms with Gasteiger partial charge in [-0.05, 0) is 24.3 Å². The van der Waals surface area contributed by atoms with Crippen molar-refractivity contribution in [2.45, 2.75) is 31.7 Å². The Morgan fingerprint density at radius 1 is 1.35 bits per heavy atom. The second kappa shape index (κ2) is 4.83. The average molecular weight is 293 g/mol. The molecule has 4 rings (SSSR count). The highest BCUT2D eigenvalue weighted by molar-refractivity contribution is 7.13. The normalized spacial score (nSPS) is 19.8. The Morgan fingerprint density at radius 2 is 2.15 bits per heavy atom. The van der Waals surface area contributed by atoms with Crippen molar-refractivity contribution in [1.82, 2.24) is 14.3 Å². The lowest BCUT2D eigenvalue weighted by atomic mass is 10.4. The lowest BCUT2D eigenvalue weighted by molar-refractivity contribution is -0.0552. The van der Waals surface area contributed by atoms with Gasteiger partial charge >= 0.3 is 5.69 Å². The summed E-state index contributed by atoms with van der Waals surface area (Å²) in [7, 11) is 0. The molecule has 0 aromatic carbocycles. The minimum Gasteiger partial charge on any atom is -0.348 e. The van der Waals surface area contributed by atoms with Crippen molar-refractivity contribution in [2.24, 2.45) is 0 Å². The predicted octanol–water partition coefficient (Wildman–Crippen LogP) is 1.48. The highest BCUT2D eigenvalue weighted by Gasteiger charge is 2.31. The van der Waals surface area contributed by atoms with Gasteiger partial charge in [-0.1, -0.05) is 6.07 Å². The molecular weight excluding hydrogens is 278 g/mol. The maximum absolute atomic E-state index is 12.5. The number of rotatable bonds is 4. The molecule has 1 aliphatic heterocycles. The zero-order chi connectivity index (χ0) is 13.5. The van der Waals surface area contributed by atoms with Gasteiger partial charge in [0.15, 0.2) is 12.1 Å². The molecule has 2 aromatic heterocycles. The Labute approximate surface area is 119 Å². The summed E-state index contributed by atoms with van der Waals surface area (Å²) in [4.78, 5) is 13.5. The van der Waals surface area contributed by atoms with E-state index in [2.05, 4.69) is 5.10 Å². The highest BCUT2D eigenvalue weighted by Crippen LogP contribution is 2.37. The van der Waals surface area contributed by atoms with Crippen molar-refractivity contribution in [3.8, 4) is 10.7 Å². The first-order chi connectivity index (χ1) is 9.83. The first-order valence-corrected chi connectivity index (χ1v) is 7.67. The fourth-order valence-electron chi connectivity index (χ4n) is 2.43. The molecule has 0 amide bonds. The number of ether oxygens (including phenoxy) is 2. The lowest BCUT2D eigenvalue weighted by Crippen LogP contribution is -2.29. The third-order valence-electron chi connectivity index (χ3n) is 3.54. The second-order valence-electron chi connectivity index (χ2n) is 5.04. The zero-order valence-corrected chi connectivity index (χ0v) is 11.7. The van der Waals surface area contributed by atoms with Crippen molar-refractivity contribution in [3.63, 3.8) is 0 Å². The molecule has 0 bridgehead atoms. The van der Waals surface area contributed by atoms with Crippen LogP contribution in [0.1, 0.15) is 18.9 Å². The minimum absolute atomic E-state index is 0.0602. The van der Waals surface area contributed by atoms with E-state index in [0.717, 1.165) is 23.5 Å². The van der Waals surface area contributed by atoms with Crippen molar-refractivity contribution in [2.75, 3.05) is 13.2 Å².